The van der Waals surface area contributed by atoms with Crippen LogP contribution in [0.25, 0.3) is 0 Å². The molecule has 8 nitrogen and oxygen atoms in total. The number of nitrogens with one attached hydrogen (secondary N) is 1. The van der Waals surface area contributed by atoms with E-state index in [0.717, 1.165) is 9.80 Å². The molecule has 0 unspecified atom stereocenters. The first-order valence-electron chi connectivity index (χ1n) is 7.28. The lowest BCUT2D eigenvalue weighted by molar-refractivity contribution is -0.135. The molecule has 0 bridgehead atoms. The molecular formula is C15H16N4O4. The number of hydrogen-bond donors (Lipinski definition) is 1. The molecule has 2 fully saturated rings. The third-order valence-corrected chi connectivity index (χ3v) is 3.93. The highest BCUT2D eigenvalue weighted by atomic mass is 16.2. The van der Waals surface area contributed by atoms with Crippen molar-refractivity contribution in [3.63, 3.8) is 0 Å². The number of urea groups is 2. The highest BCUT2D eigenvalue weighted by Crippen LogP contribution is 2.25. The Labute approximate surface area is 132 Å². The predicted octanol–water partition coefficient (Wildman–Crippen LogP) is 0.395. The Bertz CT molecular complexity index is 675. The van der Waals surface area contributed by atoms with Crippen molar-refractivity contribution in [2.45, 2.75) is 13.0 Å². The highest BCUT2D eigenvalue weighted by molar-refractivity contribution is 6.15. The Morgan fingerprint density at radius 3 is 2.52 bits per heavy atom. The van der Waals surface area contributed by atoms with Crippen molar-refractivity contribution in [1.82, 2.24) is 15.1 Å². The molecule has 0 aliphatic carbocycles. The summed E-state index contributed by atoms with van der Waals surface area (Å²) in [5.74, 6) is -1.02. The van der Waals surface area contributed by atoms with E-state index >= 15 is 0 Å². The summed E-state index contributed by atoms with van der Waals surface area (Å²) in [7, 11) is 0. The van der Waals surface area contributed by atoms with Crippen molar-refractivity contribution in [3.8, 4) is 0 Å². The molecular weight excluding hydrogens is 300 g/mol. The van der Waals surface area contributed by atoms with Crippen LogP contribution in [0.1, 0.15) is 6.92 Å². The summed E-state index contributed by atoms with van der Waals surface area (Å²) in [6.45, 7) is 1.80. The second kappa shape index (κ2) is 5.71. The summed E-state index contributed by atoms with van der Waals surface area (Å²) in [5.41, 5.74) is 0.590. The van der Waals surface area contributed by atoms with Gasteiger partial charge in [0.15, 0.2) is 0 Å². The lowest BCUT2D eigenvalue weighted by atomic mass is 10.2. The molecule has 120 valence electrons. The third kappa shape index (κ3) is 2.52. The van der Waals surface area contributed by atoms with Gasteiger partial charge in [0.2, 0.25) is 0 Å². The van der Waals surface area contributed by atoms with Gasteiger partial charge in [-0.15, -0.1) is 0 Å². The van der Waals surface area contributed by atoms with Gasteiger partial charge in [-0.25, -0.2) is 9.59 Å². The molecule has 1 aromatic rings. The van der Waals surface area contributed by atoms with Crippen molar-refractivity contribution < 1.29 is 19.2 Å². The number of anilines is 1. The maximum atomic E-state index is 12.5. The summed E-state index contributed by atoms with van der Waals surface area (Å²) < 4.78 is 0. The number of carbonyl (C=O) groups excluding carboxylic acids is 4. The van der Waals surface area contributed by atoms with E-state index in [2.05, 4.69) is 5.32 Å². The van der Waals surface area contributed by atoms with Gasteiger partial charge >= 0.3 is 12.1 Å². The average Bonchev–Trinajstić information content (AvgIpc) is 3.06. The van der Waals surface area contributed by atoms with Crippen molar-refractivity contribution in [2.24, 2.45) is 0 Å². The predicted molar refractivity (Wildman–Crippen MR) is 80.6 cm³/mol. The smallest absolute Gasteiger partial charge is 0.332 e. The second-order valence-electron chi connectivity index (χ2n) is 5.37. The van der Waals surface area contributed by atoms with Gasteiger partial charge in [-0.3, -0.25) is 24.3 Å². The zero-order chi connectivity index (χ0) is 16.6. The van der Waals surface area contributed by atoms with Crippen LogP contribution >= 0.6 is 0 Å². The molecule has 1 N–H and O–H groups in total. The molecule has 1 atom stereocenters. The molecule has 2 heterocycles. The normalized spacial score (nSPS) is 21.2. The molecule has 8 heteroatoms. The summed E-state index contributed by atoms with van der Waals surface area (Å²) in [4.78, 5) is 51.7. The van der Waals surface area contributed by atoms with Crippen LogP contribution in [-0.2, 0) is 9.59 Å². The van der Waals surface area contributed by atoms with Crippen molar-refractivity contribution >= 4 is 29.6 Å². The first-order valence-corrected chi connectivity index (χ1v) is 7.28. The summed E-state index contributed by atoms with van der Waals surface area (Å²) in [6.07, 6.45) is 0. The minimum atomic E-state index is -0.690. The van der Waals surface area contributed by atoms with Gasteiger partial charge in [0.05, 0.1) is 0 Å². The molecule has 0 spiro atoms. The van der Waals surface area contributed by atoms with Gasteiger partial charge < -0.3 is 5.32 Å². The fourth-order valence-electron chi connectivity index (χ4n) is 2.72. The first-order chi connectivity index (χ1) is 11.0. The number of nitrogens with zero attached hydrogens (tertiary/aromatic N) is 3. The van der Waals surface area contributed by atoms with Crippen molar-refractivity contribution in [3.05, 3.63) is 30.3 Å². The summed E-state index contributed by atoms with van der Waals surface area (Å²) >= 11 is 0. The number of hydrogen-bond acceptors (Lipinski definition) is 4. The van der Waals surface area contributed by atoms with Gasteiger partial charge in [-0.1, -0.05) is 18.2 Å². The maximum Gasteiger partial charge on any atom is 0.332 e. The van der Waals surface area contributed by atoms with E-state index in [0.29, 0.717) is 12.2 Å². The fourth-order valence-corrected chi connectivity index (χ4v) is 2.72. The summed E-state index contributed by atoms with van der Waals surface area (Å²) in [6, 6.07) is 7.05. The highest BCUT2D eigenvalue weighted by Gasteiger charge is 2.45. The van der Waals surface area contributed by atoms with E-state index < -0.39 is 36.5 Å². The van der Waals surface area contributed by atoms with Gasteiger partial charge in [0.25, 0.3) is 11.8 Å². The number of para-hydroxylation sites is 1. The van der Waals surface area contributed by atoms with Crippen molar-refractivity contribution in [1.29, 1.82) is 0 Å². The zero-order valence-corrected chi connectivity index (χ0v) is 12.6. The largest absolute Gasteiger partial charge is 0.336 e. The van der Waals surface area contributed by atoms with E-state index in [1.54, 1.807) is 31.2 Å². The molecule has 3 rings (SSSR count). The topological polar surface area (TPSA) is 90.0 Å². The van der Waals surface area contributed by atoms with Crippen LogP contribution in [0.5, 0.6) is 0 Å². The quantitative estimate of drug-likeness (QED) is 0.817. The Hall–Kier alpha value is -2.90. The first kappa shape index (κ1) is 15.0. The zero-order valence-electron chi connectivity index (χ0n) is 12.6. The Morgan fingerprint density at radius 2 is 1.91 bits per heavy atom. The van der Waals surface area contributed by atoms with E-state index in [4.69, 9.17) is 0 Å². The number of imide groups is 2. The molecule has 6 amide bonds. The summed E-state index contributed by atoms with van der Waals surface area (Å²) in [5, 5.41) is 2.51. The van der Waals surface area contributed by atoms with E-state index in [-0.39, 0.29) is 6.54 Å². The second-order valence-corrected chi connectivity index (χ2v) is 5.37. The van der Waals surface area contributed by atoms with Crippen molar-refractivity contribution in [2.75, 3.05) is 24.5 Å². The Balaban J connectivity index is 1.78. The van der Waals surface area contributed by atoms with Gasteiger partial charge in [0, 0.05) is 18.8 Å². The van der Waals surface area contributed by atoms with Crippen LogP contribution in [0, 0.1) is 0 Å². The maximum absolute atomic E-state index is 12.5. The van der Waals surface area contributed by atoms with Crippen LogP contribution in [0.3, 0.4) is 0 Å². The van der Waals surface area contributed by atoms with Gasteiger partial charge in [0.1, 0.15) is 12.6 Å². The third-order valence-electron chi connectivity index (χ3n) is 3.93. The minimum absolute atomic E-state index is 0.242. The SMILES string of the molecule is C[C@@H]1C(=O)N(CC(=O)N2CCNC2=O)C(=O)N1c1ccccc1. The number of benzene rings is 1. The standard InChI is InChI=1S/C15H16N4O4/c1-10-13(21)18(9-12(20)17-8-7-16-14(17)22)15(23)19(10)11-5-3-2-4-6-11/h2-6,10H,7-9H2,1H3,(H,16,22)/t10-/m1/s1. The molecule has 23 heavy (non-hydrogen) atoms. The van der Waals surface area contributed by atoms with E-state index in [1.165, 1.54) is 4.90 Å². The van der Waals surface area contributed by atoms with Crippen LogP contribution in [0.4, 0.5) is 15.3 Å². The van der Waals surface area contributed by atoms with Crippen LogP contribution in [-0.4, -0.2) is 59.4 Å². The number of amides is 6. The monoisotopic (exact) mass is 316 g/mol. The van der Waals surface area contributed by atoms with Crippen LogP contribution < -0.4 is 10.2 Å². The van der Waals surface area contributed by atoms with Crippen LogP contribution in [0.2, 0.25) is 0 Å². The van der Waals surface area contributed by atoms with Crippen LogP contribution in [0.15, 0.2) is 30.3 Å². The fraction of sp³-hybridized carbons (Fsp3) is 0.333. The average molecular weight is 316 g/mol. The Morgan fingerprint density at radius 1 is 1.22 bits per heavy atom. The van der Waals surface area contributed by atoms with E-state index in [9.17, 15) is 19.2 Å². The molecule has 1 aromatic carbocycles. The molecule has 2 saturated heterocycles. The molecule has 0 radical (unpaired) electrons. The van der Waals surface area contributed by atoms with E-state index in [1.807, 2.05) is 6.07 Å². The number of rotatable bonds is 3. The molecule has 0 saturated carbocycles. The molecule has 0 aromatic heterocycles. The number of carbonyl (C=O) groups is 4. The molecule has 2 aliphatic heterocycles. The van der Waals surface area contributed by atoms with Gasteiger partial charge in [-0.05, 0) is 19.1 Å². The minimum Gasteiger partial charge on any atom is -0.336 e. The van der Waals surface area contributed by atoms with Gasteiger partial charge in [-0.2, -0.15) is 0 Å². The molecule has 2 aliphatic rings. The lowest BCUT2D eigenvalue weighted by Crippen LogP contribution is -2.44. The lowest BCUT2D eigenvalue weighted by Gasteiger charge is -2.20. The Kier molecular flexibility index (Phi) is 3.73.